The molecule has 2 aromatic carbocycles. The van der Waals surface area contributed by atoms with Gasteiger partial charge in [0.1, 0.15) is 6.10 Å². The SMILES string of the molecule is Cc1cccc(C(=O)Oc2ccc(C(OS(C)(=O)=O)C(N)C(C)(C)C)cc2O)c1. The lowest BCUT2D eigenvalue weighted by atomic mass is 9.82. The molecule has 0 aliphatic carbocycles. The van der Waals surface area contributed by atoms with Gasteiger partial charge in [0, 0.05) is 6.04 Å². The van der Waals surface area contributed by atoms with Gasteiger partial charge >= 0.3 is 5.97 Å². The maximum absolute atomic E-state index is 12.3. The molecule has 8 heteroatoms. The number of esters is 1. The third kappa shape index (κ3) is 6.28. The zero-order valence-electron chi connectivity index (χ0n) is 17.2. The van der Waals surface area contributed by atoms with Gasteiger partial charge < -0.3 is 15.6 Å². The van der Waals surface area contributed by atoms with Crippen molar-refractivity contribution in [1.82, 2.24) is 0 Å². The lowest BCUT2D eigenvalue weighted by Crippen LogP contribution is -2.42. The van der Waals surface area contributed by atoms with Crippen LogP contribution in [0.15, 0.2) is 42.5 Å². The number of carbonyl (C=O) groups excluding carboxylic acids is 1. The molecular weight excluding hydrogens is 394 g/mol. The molecule has 0 aromatic heterocycles. The molecule has 158 valence electrons. The topological polar surface area (TPSA) is 116 Å². The monoisotopic (exact) mass is 421 g/mol. The molecule has 0 fully saturated rings. The molecule has 29 heavy (non-hydrogen) atoms. The second-order valence-electron chi connectivity index (χ2n) is 8.10. The Morgan fingerprint density at radius 1 is 1.14 bits per heavy atom. The maximum Gasteiger partial charge on any atom is 0.343 e. The molecule has 2 atom stereocenters. The van der Waals surface area contributed by atoms with Crippen molar-refractivity contribution in [2.45, 2.75) is 39.8 Å². The number of hydrogen-bond donors (Lipinski definition) is 2. The molecular formula is C21H27NO6S. The number of ether oxygens (including phenoxy) is 1. The van der Waals surface area contributed by atoms with Crippen molar-refractivity contribution in [2.24, 2.45) is 11.1 Å². The predicted octanol–water partition coefficient (Wildman–Crippen LogP) is 3.31. The summed E-state index contributed by atoms with van der Waals surface area (Å²) in [6.07, 6.45) is -0.0785. The molecule has 3 N–H and O–H groups in total. The van der Waals surface area contributed by atoms with Crippen molar-refractivity contribution in [3.63, 3.8) is 0 Å². The van der Waals surface area contributed by atoms with E-state index in [0.717, 1.165) is 11.8 Å². The summed E-state index contributed by atoms with van der Waals surface area (Å²) in [7, 11) is -3.81. The normalized spacial score (nSPS) is 14.3. The number of rotatable bonds is 6. The van der Waals surface area contributed by atoms with E-state index in [1.807, 2.05) is 33.8 Å². The Morgan fingerprint density at radius 2 is 1.79 bits per heavy atom. The van der Waals surface area contributed by atoms with Gasteiger partial charge in [-0.3, -0.25) is 4.18 Å². The first-order valence-corrected chi connectivity index (χ1v) is 10.8. The van der Waals surface area contributed by atoms with Gasteiger partial charge in [0.15, 0.2) is 11.5 Å². The summed E-state index contributed by atoms with van der Waals surface area (Å²) in [6.45, 7) is 7.42. The first-order valence-electron chi connectivity index (χ1n) is 9.03. The standard InChI is InChI=1S/C21H27NO6S/c1-13-7-6-8-15(11-13)20(24)27-17-10-9-14(12-16(17)23)18(28-29(5,25)26)19(22)21(2,3)4/h6-12,18-19,23H,22H2,1-5H3. The fraction of sp³-hybridized carbons (Fsp3) is 0.381. The van der Waals surface area contributed by atoms with Gasteiger partial charge in [0.05, 0.1) is 11.8 Å². The number of aromatic hydroxyl groups is 1. The van der Waals surface area contributed by atoms with Crippen molar-refractivity contribution in [1.29, 1.82) is 0 Å². The molecule has 0 saturated heterocycles. The number of carbonyl (C=O) groups is 1. The molecule has 2 rings (SSSR count). The minimum absolute atomic E-state index is 0.0531. The summed E-state index contributed by atoms with van der Waals surface area (Å²) in [4.78, 5) is 12.3. The molecule has 0 aliphatic heterocycles. The minimum atomic E-state index is -3.81. The van der Waals surface area contributed by atoms with Gasteiger partial charge in [-0.1, -0.05) is 44.5 Å². The Bertz CT molecular complexity index is 994. The van der Waals surface area contributed by atoms with Crippen molar-refractivity contribution >= 4 is 16.1 Å². The smallest absolute Gasteiger partial charge is 0.343 e. The quantitative estimate of drug-likeness (QED) is 0.417. The zero-order valence-corrected chi connectivity index (χ0v) is 18.0. The van der Waals surface area contributed by atoms with Crippen molar-refractivity contribution in [3.05, 3.63) is 59.2 Å². The largest absolute Gasteiger partial charge is 0.504 e. The third-order valence-corrected chi connectivity index (χ3v) is 4.93. The average Bonchev–Trinajstić information content (AvgIpc) is 2.59. The van der Waals surface area contributed by atoms with Crippen LogP contribution in [0.2, 0.25) is 0 Å². The van der Waals surface area contributed by atoms with E-state index in [0.29, 0.717) is 11.1 Å². The molecule has 0 spiro atoms. The average molecular weight is 422 g/mol. The molecule has 2 aromatic rings. The van der Waals surface area contributed by atoms with E-state index in [1.165, 1.54) is 18.2 Å². The number of phenolic OH excluding ortho intramolecular Hbond substituents is 1. The van der Waals surface area contributed by atoms with Crippen LogP contribution in [0, 0.1) is 12.3 Å². The second-order valence-corrected chi connectivity index (χ2v) is 9.70. The Hall–Kier alpha value is -2.42. The van der Waals surface area contributed by atoms with Crippen LogP contribution in [0.25, 0.3) is 0 Å². The highest BCUT2D eigenvalue weighted by Gasteiger charge is 2.34. The van der Waals surface area contributed by atoms with Gasteiger partial charge in [-0.25, -0.2) is 4.79 Å². The Kier molecular flexibility index (Phi) is 6.72. The van der Waals surface area contributed by atoms with Crippen LogP contribution in [-0.2, 0) is 14.3 Å². The summed E-state index contributed by atoms with van der Waals surface area (Å²) in [5, 5.41) is 10.4. The fourth-order valence-corrected chi connectivity index (χ4v) is 3.30. The summed E-state index contributed by atoms with van der Waals surface area (Å²) < 4.78 is 33.9. The summed E-state index contributed by atoms with van der Waals surface area (Å²) in [6, 6.07) is 10.4. The van der Waals surface area contributed by atoms with Crippen LogP contribution in [0.5, 0.6) is 11.5 Å². The zero-order chi connectivity index (χ0) is 22.0. The van der Waals surface area contributed by atoms with Crippen LogP contribution in [-0.4, -0.2) is 31.8 Å². The first kappa shape index (κ1) is 22.9. The van der Waals surface area contributed by atoms with E-state index in [1.54, 1.807) is 18.2 Å². The van der Waals surface area contributed by atoms with Gasteiger partial charge in [0.2, 0.25) is 0 Å². The Balaban J connectivity index is 2.32. The van der Waals surface area contributed by atoms with E-state index < -0.39 is 33.6 Å². The summed E-state index contributed by atoms with van der Waals surface area (Å²) >= 11 is 0. The number of aryl methyl sites for hydroxylation is 1. The number of hydrogen-bond acceptors (Lipinski definition) is 7. The fourth-order valence-electron chi connectivity index (χ4n) is 2.69. The highest BCUT2D eigenvalue weighted by molar-refractivity contribution is 7.86. The van der Waals surface area contributed by atoms with E-state index >= 15 is 0 Å². The van der Waals surface area contributed by atoms with E-state index in [-0.39, 0.29) is 11.5 Å². The first-order chi connectivity index (χ1) is 13.3. The molecule has 2 unspecified atom stereocenters. The maximum atomic E-state index is 12.3. The van der Waals surface area contributed by atoms with Gasteiger partial charge in [0.25, 0.3) is 10.1 Å². The van der Waals surface area contributed by atoms with Crippen LogP contribution in [0.4, 0.5) is 0 Å². The lowest BCUT2D eigenvalue weighted by Gasteiger charge is -2.33. The molecule has 7 nitrogen and oxygen atoms in total. The highest BCUT2D eigenvalue weighted by Crippen LogP contribution is 2.36. The number of phenols is 1. The molecule has 0 aliphatic rings. The van der Waals surface area contributed by atoms with E-state index in [4.69, 9.17) is 14.7 Å². The van der Waals surface area contributed by atoms with Crippen LogP contribution < -0.4 is 10.5 Å². The van der Waals surface area contributed by atoms with Crippen LogP contribution >= 0.6 is 0 Å². The summed E-state index contributed by atoms with van der Waals surface area (Å²) in [5.41, 5.74) is 7.37. The van der Waals surface area contributed by atoms with Gasteiger partial charge in [-0.2, -0.15) is 8.42 Å². The number of nitrogens with two attached hydrogens (primary N) is 1. The van der Waals surface area contributed by atoms with Crippen molar-refractivity contribution in [2.75, 3.05) is 6.26 Å². The van der Waals surface area contributed by atoms with Crippen molar-refractivity contribution in [3.8, 4) is 11.5 Å². The van der Waals surface area contributed by atoms with E-state index in [2.05, 4.69) is 0 Å². The third-order valence-electron chi connectivity index (χ3n) is 4.37. The molecule has 0 bridgehead atoms. The van der Waals surface area contributed by atoms with E-state index in [9.17, 15) is 18.3 Å². The number of benzene rings is 2. The van der Waals surface area contributed by atoms with Crippen LogP contribution in [0.1, 0.15) is 48.4 Å². The van der Waals surface area contributed by atoms with Crippen LogP contribution in [0.3, 0.4) is 0 Å². The molecule has 0 saturated carbocycles. The predicted molar refractivity (Wildman–Crippen MR) is 110 cm³/mol. The van der Waals surface area contributed by atoms with Gasteiger partial charge in [-0.15, -0.1) is 0 Å². The Morgan fingerprint density at radius 3 is 2.31 bits per heavy atom. The highest BCUT2D eigenvalue weighted by atomic mass is 32.2. The lowest BCUT2D eigenvalue weighted by molar-refractivity contribution is 0.0729. The molecule has 0 heterocycles. The Labute approximate surface area is 171 Å². The minimum Gasteiger partial charge on any atom is -0.504 e. The van der Waals surface area contributed by atoms with Crippen molar-refractivity contribution < 1.29 is 27.2 Å². The molecule has 0 radical (unpaired) electrons. The van der Waals surface area contributed by atoms with Gasteiger partial charge in [-0.05, 0) is 42.2 Å². The summed E-state index contributed by atoms with van der Waals surface area (Å²) in [5.74, 6) is -0.999. The molecule has 0 amide bonds. The second kappa shape index (κ2) is 8.52.